The van der Waals surface area contributed by atoms with Gasteiger partial charge in [0.05, 0.1) is 22.0 Å². The molecule has 0 bridgehead atoms. The first-order valence-corrected chi connectivity index (χ1v) is 12.2. The lowest BCUT2D eigenvalue weighted by molar-refractivity contribution is 0.0937. The molecule has 1 amide bonds. The summed E-state index contributed by atoms with van der Waals surface area (Å²) in [4.78, 5) is 17.7. The Morgan fingerprint density at radius 3 is 2.55 bits per heavy atom. The molecule has 170 valence electrons. The van der Waals surface area contributed by atoms with Crippen LogP contribution < -0.4 is 10.0 Å². The monoisotopic (exact) mass is 462 g/mol. The van der Waals surface area contributed by atoms with Gasteiger partial charge in [0.15, 0.2) is 0 Å². The fourth-order valence-electron chi connectivity index (χ4n) is 3.83. The van der Waals surface area contributed by atoms with Crippen molar-refractivity contribution in [3.8, 4) is 0 Å². The van der Waals surface area contributed by atoms with Gasteiger partial charge < -0.3 is 9.88 Å². The highest BCUT2D eigenvalue weighted by Gasteiger charge is 2.20. The van der Waals surface area contributed by atoms with Gasteiger partial charge in [0.1, 0.15) is 5.82 Å². The first kappa shape index (κ1) is 22.5. The molecule has 0 spiro atoms. The first-order chi connectivity index (χ1) is 15.8. The Labute approximate surface area is 193 Å². The van der Waals surface area contributed by atoms with Gasteiger partial charge in [-0.05, 0) is 68.8 Å². The Morgan fingerprint density at radius 1 is 1.03 bits per heavy atom. The van der Waals surface area contributed by atoms with Crippen LogP contribution in [0.15, 0.2) is 77.7 Å². The molecule has 0 fully saturated rings. The number of anilines is 1. The summed E-state index contributed by atoms with van der Waals surface area (Å²) in [5, 5.41) is 2.95. The van der Waals surface area contributed by atoms with Crippen LogP contribution in [-0.4, -0.2) is 23.9 Å². The van der Waals surface area contributed by atoms with Crippen molar-refractivity contribution in [3.05, 3.63) is 89.7 Å². The topological polar surface area (TPSA) is 93.1 Å². The molecule has 1 aromatic heterocycles. The van der Waals surface area contributed by atoms with Crippen molar-refractivity contribution in [1.29, 1.82) is 0 Å². The normalized spacial score (nSPS) is 12.5. The van der Waals surface area contributed by atoms with E-state index >= 15 is 0 Å². The summed E-state index contributed by atoms with van der Waals surface area (Å²) < 4.78 is 30.3. The summed E-state index contributed by atoms with van der Waals surface area (Å²) in [7, 11) is -3.84. The Morgan fingerprint density at radius 2 is 1.79 bits per heavy atom. The van der Waals surface area contributed by atoms with Gasteiger partial charge in [-0.3, -0.25) is 9.52 Å². The van der Waals surface area contributed by atoms with E-state index in [1.54, 1.807) is 30.3 Å². The van der Waals surface area contributed by atoms with Crippen molar-refractivity contribution in [2.75, 3.05) is 4.72 Å². The van der Waals surface area contributed by atoms with Crippen LogP contribution in [0.3, 0.4) is 0 Å². The van der Waals surface area contributed by atoms with E-state index in [1.807, 2.05) is 51.1 Å². The van der Waals surface area contributed by atoms with Gasteiger partial charge in [0.25, 0.3) is 15.9 Å². The number of aromatic nitrogens is 2. The SMILES string of the molecule is CCn1c(C(C)NC(=O)c2cccc(S(=O)(=O)Nc3cccc(C)c3)c2)nc2ccccc21. The summed E-state index contributed by atoms with van der Waals surface area (Å²) in [5.74, 6) is 0.377. The number of sulfonamides is 1. The second-order valence-electron chi connectivity index (χ2n) is 7.90. The third-order valence-electron chi connectivity index (χ3n) is 5.41. The minimum atomic E-state index is -3.84. The zero-order valence-electron chi connectivity index (χ0n) is 18.7. The highest BCUT2D eigenvalue weighted by molar-refractivity contribution is 7.92. The van der Waals surface area contributed by atoms with Gasteiger partial charge in [-0.1, -0.05) is 30.3 Å². The summed E-state index contributed by atoms with van der Waals surface area (Å²) in [6.45, 7) is 6.50. The maximum Gasteiger partial charge on any atom is 0.261 e. The number of amides is 1. The Balaban J connectivity index is 1.56. The van der Waals surface area contributed by atoms with Crippen LogP contribution in [-0.2, 0) is 16.6 Å². The molecule has 0 saturated carbocycles. The second-order valence-corrected chi connectivity index (χ2v) is 9.58. The van der Waals surface area contributed by atoms with E-state index in [4.69, 9.17) is 0 Å². The van der Waals surface area contributed by atoms with Crippen molar-refractivity contribution in [2.24, 2.45) is 0 Å². The van der Waals surface area contributed by atoms with E-state index in [0.717, 1.165) is 22.4 Å². The third kappa shape index (κ3) is 4.75. The van der Waals surface area contributed by atoms with Crippen LogP contribution in [0.2, 0.25) is 0 Å². The highest BCUT2D eigenvalue weighted by atomic mass is 32.2. The minimum absolute atomic E-state index is 0.0186. The highest BCUT2D eigenvalue weighted by Crippen LogP contribution is 2.22. The summed E-state index contributed by atoms with van der Waals surface area (Å²) >= 11 is 0. The molecule has 0 radical (unpaired) electrons. The number of hydrogen-bond acceptors (Lipinski definition) is 4. The van der Waals surface area contributed by atoms with Crippen LogP contribution in [0.25, 0.3) is 11.0 Å². The molecule has 1 atom stereocenters. The van der Waals surface area contributed by atoms with Crippen molar-refractivity contribution in [1.82, 2.24) is 14.9 Å². The van der Waals surface area contributed by atoms with Gasteiger partial charge in [0.2, 0.25) is 0 Å². The van der Waals surface area contributed by atoms with Crippen LogP contribution in [0.4, 0.5) is 5.69 Å². The van der Waals surface area contributed by atoms with E-state index in [0.29, 0.717) is 12.2 Å². The summed E-state index contributed by atoms with van der Waals surface area (Å²) in [5.41, 5.74) is 3.54. The molecule has 0 aliphatic rings. The number of nitrogens with zero attached hydrogens (tertiary/aromatic N) is 2. The predicted octanol–water partition coefficient (Wildman–Crippen LogP) is 4.66. The van der Waals surface area contributed by atoms with E-state index in [-0.39, 0.29) is 22.4 Å². The Kier molecular flexibility index (Phi) is 6.20. The molecule has 4 aromatic rings. The smallest absolute Gasteiger partial charge is 0.261 e. The van der Waals surface area contributed by atoms with E-state index < -0.39 is 10.0 Å². The van der Waals surface area contributed by atoms with E-state index in [9.17, 15) is 13.2 Å². The fourth-order valence-corrected chi connectivity index (χ4v) is 4.92. The quantitative estimate of drug-likeness (QED) is 0.418. The van der Waals surface area contributed by atoms with Gasteiger partial charge in [0, 0.05) is 17.8 Å². The van der Waals surface area contributed by atoms with Crippen molar-refractivity contribution in [3.63, 3.8) is 0 Å². The van der Waals surface area contributed by atoms with Crippen molar-refractivity contribution in [2.45, 2.75) is 38.3 Å². The average Bonchev–Trinajstić information content (AvgIpc) is 3.18. The van der Waals surface area contributed by atoms with Gasteiger partial charge in [-0.2, -0.15) is 0 Å². The lowest BCUT2D eigenvalue weighted by atomic mass is 10.2. The molecular formula is C25H26N4O3S. The van der Waals surface area contributed by atoms with E-state index in [1.165, 1.54) is 12.1 Å². The molecule has 1 unspecified atom stereocenters. The maximum absolute atomic E-state index is 13.0. The number of fused-ring (bicyclic) bond motifs is 1. The zero-order chi connectivity index (χ0) is 23.6. The number of carbonyl (C=O) groups is 1. The number of nitrogens with one attached hydrogen (secondary N) is 2. The molecular weight excluding hydrogens is 436 g/mol. The number of imidazole rings is 1. The molecule has 8 heteroatoms. The minimum Gasteiger partial charge on any atom is -0.342 e. The van der Waals surface area contributed by atoms with Gasteiger partial charge in [-0.25, -0.2) is 13.4 Å². The molecule has 0 aliphatic carbocycles. The number of benzene rings is 3. The Bertz CT molecular complexity index is 1430. The second kappa shape index (κ2) is 9.07. The molecule has 7 nitrogen and oxygen atoms in total. The number of rotatable bonds is 7. The number of hydrogen-bond donors (Lipinski definition) is 2. The number of aryl methyl sites for hydroxylation is 2. The average molecular weight is 463 g/mol. The lowest BCUT2D eigenvalue weighted by Crippen LogP contribution is -2.29. The predicted molar refractivity (Wildman–Crippen MR) is 130 cm³/mol. The molecule has 33 heavy (non-hydrogen) atoms. The molecule has 0 saturated heterocycles. The number of carbonyl (C=O) groups excluding carboxylic acids is 1. The maximum atomic E-state index is 13.0. The molecule has 1 heterocycles. The summed E-state index contributed by atoms with van der Waals surface area (Å²) in [6.07, 6.45) is 0. The zero-order valence-corrected chi connectivity index (χ0v) is 19.6. The van der Waals surface area contributed by atoms with Crippen LogP contribution in [0.5, 0.6) is 0 Å². The molecule has 2 N–H and O–H groups in total. The van der Waals surface area contributed by atoms with Crippen molar-refractivity contribution < 1.29 is 13.2 Å². The van der Waals surface area contributed by atoms with Crippen molar-refractivity contribution >= 4 is 32.7 Å². The standard InChI is InChI=1S/C25H26N4O3S/c1-4-29-23-14-6-5-13-22(23)27-24(29)18(3)26-25(30)19-10-8-12-21(16-19)33(31,32)28-20-11-7-9-17(2)15-20/h5-16,18,28H,4H2,1-3H3,(H,26,30). The largest absolute Gasteiger partial charge is 0.342 e. The molecule has 0 aliphatic heterocycles. The first-order valence-electron chi connectivity index (χ1n) is 10.7. The van der Waals surface area contributed by atoms with Crippen LogP contribution in [0.1, 0.15) is 41.6 Å². The number of para-hydroxylation sites is 2. The summed E-state index contributed by atoms with van der Waals surface area (Å²) in [6, 6.07) is 20.6. The Hall–Kier alpha value is -3.65. The van der Waals surface area contributed by atoms with Gasteiger partial charge >= 0.3 is 0 Å². The van der Waals surface area contributed by atoms with E-state index in [2.05, 4.69) is 19.6 Å². The molecule has 3 aromatic carbocycles. The van der Waals surface area contributed by atoms with Crippen LogP contribution in [0, 0.1) is 6.92 Å². The lowest BCUT2D eigenvalue weighted by Gasteiger charge is -2.16. The van der Waals surface area contributed by atoms with Crippen LogP contribution >= 0.6 is 0 Å². The molecule has 4 rings (SSSR count). The third-order valence-corrected chi connectivity index (χ3v) is 6.79. The van der Waals surface area contributed by atoms with Gasteiger partial charge in [-0.15, -0.1) is 0 Å². The fraction of sp³-hybridized carbons (Fsp3) is 0.200.